The highest BCUT2D eigenvalue weighted by atomic mass is 16.2. The summed E-state index contributed by atoms with van der Waals surface area (Å²) >= 11 is 0. The van der Waals surface area contributed by atoms with Gasteiger partial charge in [-0.25, -0.2) is 0 Å². The zero-order chi connectivity index (χ0) is 16.9. The van der Waals surface area contributed by atoms with E-state index in [1.807, 2.05) is 6.07 Å². The highest BCUT2D eigenvalue weighted by Gasteiger charge is 2.18. The first-order chi connectivity index (χ1) is 11.6. The summed E-state index contributed by atoms with van der Waals surface area (Å²) in [4.78, 5) is 30.2. The number of aromatic nitrogens is 1. The zero-order valence-corrected chi connectivity index (χ0v) is 13.4. The normalized spacial score (nSPS) is 14.2. The molecule has 6 heteroatoms. The number of hydrogen-bond acceptors (Lipinski definition) is 4. The van der Waals surface area contributed by atoms with Crippen molar-refractivity contribution in [2.24, 2.45) is 5.73 Å². The Morgan fingerprint density at radius 1 is 1.08 bits per heavy atom. The van der Waals surface area contributed by atoms with Gasteiger partial charge in [0.2, 0.25) is 5.91 Å². The van der Waals surface area contributed by atoms with Gasteiger partial charge in [-0.2, -0.15) is 0 Å². The molecule has 1 fully saturated rings. The lowest BCUT2D eigenvalue weighted by molar-refractivity contribution is 0.0995. The van der Waals surface area contributed by atoms with E-state index in [0.717, 1.165) is 31.6 Å². The van der Waals surface area contributed by atoms with E-state index in [4.69, 9.17) is 5.73 Å². The number of amides is 2. The summed E-state index contributed by atoms with van der Waals surface area (Å²) in [6, 6.07) is 10.3. The van der Waals surface area contributed by atoms with E-state index in [-0.39, 0.29) is 5.91 Å². The summed E-state index contributed by atoms with van der Waals surface area (Å²) in [5, 5.41) is 2.87. The largest absolute Gasteiger partial charge is 0.370 e. The Kier molecular flexibility index (Phi) is 4.74. The maximum Gasteiger partial charge on any atom is 0.274 e. The third-order valence-electron chi connectivity index (χ3n) is 4.12. The molecule has 0 atom stereocenters. The molecule has 1 aromatic carbocycles. The Bertz CT molecular complexity index is 740. The van der Waals surface area contributed by atoms with Crippen LogP contribution in [-0.4, -0.2) is 29.9 Å². The quantitative estimate of drug-likeness (QED) is 0.904. The van der Waals surface area contributed by atoms with E-state index in [1.165, 1.54) is 6.42 Å². The summed E-state index contributed by atoms with van der Waals surface area (Å²) in [5.74, 6) is -0.830. The van der Waals surface area contributed by atoms with Crippen LogP contribution in [0.4, 0.5) is 11.4 Å². The standard InChI is InChI=1S/C18H20N4O2/c19-17(23)13-7-8-16(22-10-4-1-5-11-22)15(12-13)21-18(24)14-6-2-3-9-20-14/h2-3,6-9,12H,1,4-5,10-11H2,(H2,19,23)(H,21,24). The topological polar surface area (TPSA) is 88.3 Å². The van der Waals surface area contributed by atoms with Crippen molar-refractivity contribution in [2.75, 3.05) is 23.3 Å². The fourth-order valence-corrected chi connectivity index (χ4v) is 2.88. The highest BCUT2D eigenvalue weighted by molar-refractivity contribution is 6.06. The van der Waals surface area contributed by atoms with Crippen molar-refractivity contribution in [1.82, 2.24) is 4.98 Å². The van der Waals surface area contributed by atoms with Gasteiger partial charge in [-0.15, -0.1) is 0 Å². The van der Waals surface area contributed by atoms with E-state index in [2.05, 4.69) is 15.2 Å². The minimum absolute atomic E-state index is 0.310. The van der Waals surface area contributed by atoms with Crippen molar-refractivity contribution >= 4 is 23.2 Å². The van der Waals surface area contributed by atoms with Gasteiger partial charge in [-0.3, -0.25) is 14.6 Å². The molecule has 2 amide bonds. The van der Waals surface area contributed by atoms with Crippen LogP contribution in [0, 0.1) is 0 Å². The molecule has 6 nitrogen and oxygen atoms in total. The molecule has 3 N–H and O–H groups in total. The Hall–Kier alpha value is -2.89. The summed E-state index contributed by atoms with van der Waals surface area (Å²) < 4.78 is 0. The number of anilines is 2. The lowest BCUT2D eigenvalue weighted by Crippen LogP contribution is -2.30. The average Bonchev–Trinajstić information content (AvgIpc) is 2.63. The number of hydrogen-bond donors (Lipinski definition) is 2. The average molecular weight is 324 g/mol. The molecule has 3 rings (SSSR count). The maximum absolute atomic E-state index is 12.4. The first-order valence-electron chi connectivity index (χ1n) is 8.06. The molecule has 24 heavy (non-hydrogen) atoms. The van der Waals surface area contributed by atoms with E-state index < -0.39 is 5.91 Å². The second-order valence-corrected chi connectivity index (χ2v) is 5.81. The van der Waals surface area contributed by atoms with Crippen LogP contribution in [0.2, 0.25) is 0 Å². The van der Waals surface area contributed by atoms with Crippen molar-refractivity contribution in [3.05, 3.63) is 53.9 Å². The predicted molar refractivity (Wildman–Crippen MR) is 93.2 cm³/mol. The minimum atomic E-state index is -0.520. The van der Waals surface area contributed by atoms with Crippen LogP contribution in [0.3, 0.4) is 0 Å². The highest BCUT2D eigenvalue weighted by Crippen LogP contribution is 2.30. The number of nitrogens with one attached hydrogen (secondary N) is 1. The summed E-state index contributed by atoms with van der Waals surface area (Å²) in [6.07, 6.45) is 5.02. The Morgan fingerprint density at radius 3 is 2.54 bits per heavy atom. The molecular weight excluding hydrogens is 304 g/mol. The predicted octanol–water partition coefficient (Wildman–Crippen LogP) is 2.42. The molecule has 0 bridgehead atoms. The monoisotopic (exact) mass is 324 g/mol. The second kappa shape index (κ2) is 7.12. The number of carbonyl (C=O) groups excluding carboxylic acids is 2. The molecular formula is C18H20N4O2. The van der Waals surface area contributed by atoms with Crippen LogP contribution in [0.25, 0.3) is 0 Å². The molecule has 1 aliphatic heterocycles. The number of nitrogens with two attached hydrogens (primary N) is 1. The molecule has 0 saturated carbocycles. The van der Waals surface area contributed by atoms with Crippen molar-refractivity contribution in [3.8, 4) is 0 Å². The number of benzene rings is 1. The van der Waals surface area contributed by atoms with Gasteiger partial charge in [-0.05, 0) is 49.6 Å². The molecule has 0 aliphatic carbocycles. The molecule has 0 radical (unpaired) electrons. The number of nitrogens with zero attached hydrogens (tertiary/aromatic N) is 2. The molecule has 124 valence electrons. The number of piperidine rings is 1. The van der Waals surface area contributed by atoms with E-state index in [9.17, 15) is 9.59 Å². The van der Waals surface area contributed by atoms with Gasteiger partial charge >= 0.3 is 0 Å². The lowest BCUT2D eigenvalue weighted by Gasteiger charge is -2.30. The third kappa shape index (κ3) is 3.53. The molecule has 1 aliphatic rings. The van der Waals surface area contributed by atoms with Gasteiger partial charge in [-0.1, -0.05) is 6.07 Å². The fraction of sp³-hybridized carbons (Fsp3) is 0.278. The number of primary amides is 1. The molecule has 0 spiro atoms. The second-order valence-electron chi connectivity index (χ2n) is 5.81. The van der Waals surface area contributed by atoms with Crippen molar-refractivity contribution < 1.29 is 9.59 Å². The van der Waals surface area contributed by atoms with Crippen LogP contribution < -0.4 is 16.0 Å². The van der Waals surface area contributed by atoms with Crippen LogP contribution >= 0.6 is 0 Å². The fourth-order valence-electron chi connectivity index (χ4n) is 2.88. The van der Waals surface area contributed by atoms with Gasteiger partial charge in [0.1, 0.15) is 5.69 Å². The Morgan fingerprint density at radius 2 is 1.88 bits per heavy atom. The first-order valence-corrected chi connectivity index (χ1v) is 8.06. The van der Waals surface area contributed by atoms with Gasteiger partial charge in [0.05, 0.1) is 11.4 Å². The molecule has 0 unspecified atom stereocenters. The van der Waals surface area contributed by atoms with E-state index >= 15 is 0 Å². The van der Waals surface area contributed by atoms with Gasteiger partial charge < -0.3 is 16.0 Å². The SMILES string of the molecule is NC(=O)c1ccc(N2CCCCC2)c(NC(=O)c2ccccn2)c1. The molecule has 2 heterocycles. The van der Waals surface area contributed by atoms with E-state index in [0.29, 0.717) is 16.9 Å². The Balaban J connectivity index is 1.92. The molecule has 1 saturated heterocycles. The Labute approximate surface area is 140 Å². The maximum atomic E-state index is 12.4. The summed E-state index contributed by atoms with van der Waals surface area (Å²) in [7, 11) is 0. The van der Waals surface area contributed by atoms with Gasteiger partial charge in [0.15, 0.2) is 0 Å². The number of carbonyl (C=O) groups is 2. The number of pyridine rings is 1. The molecule has 1 aromatic heterocycles. The van der Waals surface area contributed by atoms with Gasteiger partial charge in [0.25, 0.3) is 5.91 Å². The van der Waals surface area contributed by atoms with Gasteiger partial charge in [0, 0.05) is 24.8 Å². The van der Waals surface area contributed by atoms with Crippen LogP contribution in [0.15, 0.2) is 42.6 Å². The summed E-state index contributed by atoms with van der Waals surface area (Å²) in [6.45, 7) is 1.87. The smallest absolute Gasteiger partial charge is 0.274 e. The minimum Gasteiger partial charge on any atom is -0.370 e. The zero-order valence-electron chi connectivity index (χ0n) is 13.4. The lowest BCUT2D eigenvalue weighted by atomic mass is 10.1. The van der Waals surface area contributed by atoms with Crippen LogP contribution in [0.1, 0.15) is 40.1 Å². The van der Waals surface area contributed by atoms with Crippen molar-refractivity contribution in [1.29, 1.82) is 0 Å². The molecule has 2 aromatic rings. The number of rotatable bonds is 4. The van der Waals surface area contributed by atoms with Crippen LogP contribution in [0.5, 0.6) is 0 Å². The van der Waals surface area contributed by atoms with E-state index in [1.54, 1.807) is 36.5 Å². The van der Waals surface area contributed by atoms with Crippen molar-refractivity contribution in [3.63, 3.8) is 0 Å². The first kappa shape index (κ1) is 16.0. The third-order valence-corrected chi connectivity index (χ3v) is 4.12. The van der Waals surface area contributed by atoms with Crippen LogP contribution in [-0.2, 0) is 0 Å². The summed E-state index contributed by atoms with van der Waals surface area (Å²) in [5.41, 5.74) is 7.56. The van der Waals surface area contributed by atoms with Crippen molar-refractivity contribution in [2.45, 2.75) is 19.3 Å².